The number of likely N-dealkylation sites (tertiary alicyclic amines) is 1. The van der Waals surface area contributed by atoms with Crippen molar-refractivity contribution in [2.24, 2.45) is 5.16 Å². The average molecular weight is 382 g/mol. The van der Waals surface area contributed by atoms with E-state index < -0.39 is 12.0 Å². The second-order valence-electron chi connectivity index (χ2n) is 6.29. The lowest BCUT2D eigenvalue weighted by Gasteiger charge is -2.22. The Morgan fingerprint density at radius 1 is 1.04 bits per heavy atom. The molecular weight excluding hydrogens is 360 g/mol. The molecule has 1 heterocycles. The number of rotatable bonds is 5. The molecule has 7 heteroatoms. The molecule has 1 saturated heterocycles. The number of carbonyl (C=O) groups is 2. The molecule has 0 saturated carbocycles. The lowest BCUT2D eigenvalue weighted by molar-refractivity contribution is -0.145. The molecule has 1 aliphatic rings. The summed E-state index contributed by atoms with van der Waals surface area (Å²) in [5.74, 6) is 0.0240. The third-order valence-corrected chi connectivity index (χ3v) is 4.66. The Balaban J connectivity index is 1.85. The maximum absolute atomic E-state index is 13.0. The lowest BCUT2D eigenvalue weighted by atomic mass is 10.0. The summed E-state index contributed by atoms with van der Waals surface area (Å²) in [6, 6.07) is 14.2. The van der Waals surface area contributed by atoms with Crippen LogP contribution >= 0.6 is 0 Å². The second-order valence-corrected chi connectivity index (χ2v) is 6.29. The molecule has 1 atom stereocenters. The zero-order valence-electron chi connectivity index (χ0n) is 16.0. The number of oxime groups is 1. The molecule has 7 nitrogen and oxygen atoms in total. The summed E-state index contributed by atoms with van der Waals surface area (Å²) >= 11 is 0. The molecule has 0 aromatic heterocycles. The lowest BCUT2D eigenvalue weighted by Crippen LogP contribution is -2.41. The Morgan fingerprint density at radius 2 is 1.75 bits per heavy atom. The van der Waals surface area contributed by atoms with Crippen molar-refractivity contribution in [3.05, 3.63) is 54.1 Å². The quantitative estimate of drug-likeness (QED) is 0.587. The summed E-state index contributed by atoms with van der Waals surface area (Å²) in [6.45, 7) is 0.223. The van der Waals surface area contributed by atoms with Crippen molar-refractivity contribution in [2.45, 2.75) is 12.5 Å². The Hall–Kier alpha value is -3.35. The van der Waals surface area contributed by atoms with Crippen molar-refractivity contribution in [1.29, 1.82) is 0 Å². The Morgan fingerprint density at radius 3 is 2.39 bits per heavy atom. The van der Waals surface area contributed by atoms with Gasteiger partial charge >= 0.3 is 5.97 Å². The first-order valence-corrected chi connectivity index (χ1v) is 8.80. The standard InChI is InChI=1S/C21H22N2O5/c1-26-19-7-5-4-6-17(19)14-8-10-15(11-9-14)20(24)23-13-16(22-28-3)12-18(23)21(25)27-2/h4-11,18H,12-13H2,1-3H3/b22-16-/t18-/m0/s1. The van der Waals surface area contributed by atoms with Gasteiger partial charge < -0.3 is 19.2 Å². The summed E-state index contributed by atoms with van der Waals surface area (Å²) in [7, 11) is 4.36. The van der Waals surface area contributed by atoms with E-state index in [1.54, 1.807) is 19.2 Å². The van der Waals surface area contributed by atoms with Gasteiger partial charge in [0.2, 0.25) is 0 Å². The maximum atomic E-state index is 13.0. The number of ether oxygens (including phenoxy) is 2. The van der Waals surface area contributed by atoms with Crippen LogP contribution in [0.5, 0.6) is 5.75 Å². The molecule has 0 spiro atoms. The minimum atomic E-state index is -0.708. The maximum Gasteiger partial charge on any atom is 0.329 e. The van der Waals surface area contributed by atoms with E-state index in [-0.39, 0.29) is 12.5 Å². The fraction of sp³-hybridized carbons (Fsp3) is 0.286. The minimum Gasteiger partial charge on any atom is -0.496 e. The summed E-state index contributed by atoms with van der Waals surface area (Å²) in [5.41, 5.74) is 2.97. The van der Waals surface area contributed by atoms with Crippen LogP contribution in [0.4, 0.5) is 0 Å². The first-order valence-electron chi connectivity index (χ1n) is 8.80. The molecule has 1 aliphatic heterocycles. The highest BCUT2D eigenvalue weighted by Crippen LogP contribution is 2.30. The third kappa shape index (κ3) is 3.83. The van der Waals surface area contributed by atoms with E-state index in [1.165, 1.54) is 19.1 Å². The van der Waals surface area contributed by atoms with Crippen LogP contribution in [0.25, 0.3) is 11.1 Å². The highest BCUT2D eigenvalue weighted by atomic mass is 16.6. The molecule has 0 radical (unpaired) electrons. The minimum absolute atomic E-state index is 0.223. The van der Waals surface area contributed by atoms with Crippen LogP contribution < -0.4 is 4.74 Å². The molecule has 0 bridgehead atoms. The van der Waals surface area contributed by atoms with Gasteiger partial charge in [0.25, 0.3) is 5.91 Å². The molecule has 0 aliphatic carbocycles. The number of para-hydroxylation sites is 1. The first-order chi connectivity index (χ1) is 13.6. The molecule has 1 amide bonds. The fourth-order valence-corrected chi connectivity index (χ4v) is 3.30. The van der Waals surface area contributed by atoms with Gasteiger partial charge in [-0.3, -0.25) is 4.79 Å². The van der Waals surface area contributed by atoms with Crippen molar-refractivity contribution in [3.63, 3.8) is 0 Å². The first kappa shape index (κ1) is 19.4. The van der Waals surface area contributed by atoms with Crippen molar-refractivity contribution >= 4 is 17.6 Å². The fourth-order valence-electron chi connectivity index (χ4n) is 3.30. The molecule has 146 valence electrons. The number of esters is 1. The van der Waals surface area contributed by atoms with Gasteiger partial charge in [-0.15, -0.1) is 0 Å². The predicted octanol–water partition coefficient (Wildman–Crippen LogP) is 2.75. The number of nitrogens with zero attached hydrogens (tertiary/aromatic N) is 2. The second kappa shape index (κ2) is 8.56. The van der Waals surface area contributed by atoms with Crippen LogP contribution in [0.2, 0.25) is 0 Å². The smallest absolute Gasteiger partial charge is 0.329 e. The van der Waals surface area contributed by atoms with Gasteiger partial charge in [0.1, 0.15) is 18.9 Å². The van der Waals surface area contributed by atoms with E-state index in [2.05, 4.69) is 5.16 Å². The van der Waals surface area contributed by atoms with Crippen molar-refractivity contribution in [3.8, 4) is 16.9 Å². The molecule has 2 aromatic rings. The summed E-state index contributed by atoms with van der Waals surface area (Å²) in [6.07, 6.45) is 0.297. The van der Waals surface area contributed by atoms with Crippen molar-refractivity contribution in [1.82, 2.24) is 4.90 Å². The molecule has 0 unspecified atom stereocenters. The van der Waals surface area contributed by atoms with Crippen LogP contribution in [0.15, 0.2) is 53.7 Å². The summed E-state index contributed by atoms with van der Waals surface area (Å²) < 4.78 is 10.2. The Bertz CT molecular complexity index is 892. The van der Waals surface area contributed by atoms with Crippen LogP contribution in [-0.2, 0) is 14.4 Å². The number of benzene rings is 2. The normalized spacial score (nSPS) is 17.5. The topological polar surface area (TPSA) is 77.4 Å². The van der Waals surface area contributed by atoms with E-state index >= 15 is 0 Å². The van der Waals surface area contributed by atoms with E-state index in [4.69, 9.17) is 14.3 Å². The largest absolute Gasteiger partial charge is 0.496 e. The summed E-state index contributed by atoms with van der Waals surface area (Å²) in [4.78, 5) is 31.3. The molecule has 3 rings (SSSR count). The van der Waals surface area contributed by atoms with Gasteiger partial charge in [0, 0.05) is 17.5 Å². The summed E-state index contributed by atoms with van der Waals surface area (Å²) in [5, 5.41) is 3.89. The average Bonchev–Trinajstić information content (AvgIpc) is 3.17. The zero-order valence-corrected chi connectivity index (χ0v) is 16.0. The monoisotopic (exact) mass is 382 g/mol. The number of methoxy groups -OCH3 is 2. The SMILES string of the molecule is CO/N=C1/C[C@@H](C(=O)OC)N(C(=O)c2ccc(-c3ccccc3OC)cc2)C1. The van der Waals surface area contributed by atoms with Crippen molar-refractivity contribution in [2.75, 3.05) is 27.9 Å². The van der Waals surface area contributed by atoms with Crippen LogP contribution in [0, 0.1) is 0 Å². The van der Waals surface area contributed by atoms with Crippen molar-refractivity contribution < 1.29 is 23.9 Å². The van der Waals surface area contributed by atoms with Gasteiger partial charge in [0.15, 0.2) is 0 Å². The van der Waals surface area contributed by atoms with E-state index in [0.717, 1.165) is 16.9 Å². The Labute approximate surface area is 163 Å². The zero-order chi connectivity index (χ0) is 20.1. The van der Waals surface area contributed by atoms with Gasteiger partial charge in [-0.05, 0) is 23.8 Å². The van der Waals surface area contributed by atoms with E-state index in [0.29, 0.717) is 17.7 Å². The third-order valence-electron chi connectivity index (χ3n) is 4.66. The van der Waals surface area contributed by atoms with Crippen LogP contribution in [0.1, 0.15) is 16.8 Å². The number of hydrogen-bond acceptors (Lipinski definition) is 6. The highest BCUT2D eigenvalue weighted by Gasteiger charge is 2.39. The van der Waals surface area contributed by atoms with Gasteiger partial charge in [-0.25, -0.2) is 4.79 Å². The molecule has 28 heavy (non-hydrogen) atoms. The van der Waals surface area contributed by atoms with Crippen LogP contribution in [-0.4, -0.2) is 56.4 Å². The van der Waals surface area contributed by atoms with E-state index in [9.17, 15) is 9.59 Å². The molecule has 2 aromatic carbocycles. The number of carbonyl (C=O) groups excluding carboxylic acids is 2. The predicted molar refractivity (Wildman–Crippen MR) is 104 cm³/mol. The Kier molecular flexibility index (Phi) is 5.93. The highest BCUT2D eigenvalue weighted by molar-refractivity contribution is 6.04. The van der Waals surface area contributed by atoms with Crippen LogP contribution in [0.3, 0.4) is 0 Å². The number of amides is 1. The number of hydrogen-bond donors (Lipinski definition) is 0. The van der Waals surface area contributed by atoms with Gasteiger partial charge in [-0.2, -0.15) is 0 Å². The molecule has 0 N–H and O–H groups in total. The van der Waals surface area contributed by atoms with Gasteiger partial charge in [0.05, 0.1) is 26.5 Å². The van der Waals surface area contributed by atoms with Gasteiger partial charge in [-0.1, -0.05) is 35.5 Å². The van der Waals surface area contributed by atoms with E-state index in [1.807, 2.05) is 36.4 Å². The molecule has 1 fully saturated rings. The molecular formula is C21H22N2O5.